The van der Waals surface area contributed by atoms with Gasteiger partial charge in [-0.3, -0.25) is 10.1 Å². The van der Waals surface area contributed by atoms with Crippen LogP contribution in [0.4, 0.5) is 0 Å². The van der Waals surface area contributed by atoms with E-state index in [1.807, 2.05) is 12.1 Å². The van der Waals surface area contributed by atoms with E-state index in [0.29, 0.717) is 12.3 Å². The molecule has 23 heavy (non-hydrogen) atoms. The average molecular weight is 309 g/mol. The highest BCUT2D eigenvalue weighted by atomic mass is 16.5. The largest absolute Gasteiger partial charge is 0.461 e. The Bertz CT molecular complexity index is 866. The Morgan fingerprint density at radius 2 is 2.30 bits per heavy atom. The molecule has 0 saturated heterocycles. The van der Waals surface area contributed by atoms with Crippen LogP contribution in [-0.4, -0.2) is 37.5 Å². The van der Waals surface area contributed by atoms with Gasteiger partial charge in [-0.15, -0.1) is 0 Å². The molecule has 0 bridgehead atoms. The molecule has 3 aromatic heterocycles. The average Bonchev–Trinajstić information content (AvgIpc) is 3.19. The molecule has 0 atom stereocenters. The molecule has 1 aliphatic carbocycles. The minimum absolute atomic E-state index is 0.324. The predicted molar refractivity (Wildman–Crippen MR) is 82.3 cm³/mol. The summed E-state index contributed by atoms with van der Waals surface area (Å²) in [4.78, 5) is 16.4. The third-order valence-electron chi connectivity index (χ3n) is 3.94. The molecule has 1 N–H and O–H groups in total. The van der Waals surface area contributed by atoms with Crippen molar-refractivity contribution in [2.75, 3.05) is 6.61 Å². The Balaban J connectivity index is 1.95. The first-order valence-corrected chi connectivity index (χ1v) is 7.51. The topological polar surface area (TPSA) is 85.7 Å². The molecule has 0 radical (unpaired) electrons. The fourth-order valence-electron chi connectivity index (χ4n) is 2.95. The smallest absolute Gasteiger partial charge is 0.359 e. The predicted octanol–water partition coefficient (Wildman–Crippen LogP) is 1.93. The van der Waals surface area contributed by atoms with Gasteiger partial charge in [0.1, 0.15) is 0 Å². The molecule has 116 valence electrons. The minimum Gasteiger partial charge on any atom is -0.461 e. The van der Waals surface area contributed by atoms with Crippen molar-refractivity contribution in [3.05, 3.63) is 47.7 Å². The van der Waals surface area contributed by atoms with Crippen LogP contribution in [-0.2, 0) is 17.6 Å². The number of carbonyl (C=O) groups is 1. The Morgan fingerprint density at radius 1 is 1.39 bits per heavy atom. The number of aryl methyl sites for hydroxylation is 1. The molecule has 0 spiro atoms. The summed E-state index contributed by atoms with van der Waals surface area (Å²) in [6.07, 6.45) is 6.72. The van der Waals surface area contributed by atoms with Crippen molar-refractivity contribution in [1.82, 2.24) is 25.0 Å². The standard InChI is InChI=1S/C16H15N5O2/c1-2-23-16(22)14-11-5-6-13-12(9-18-19-13)15(11)21(20-14)10-4-3-7-17-8-10/h3-4,7-9H,2,5-6H2,1H3,(H,18,19). The summed E-state index contributed by atoms with van der Waals surface area (Å²) in [5.41, 5.74) is 4.99. The van der Waals surface area contributed by atoms with Crippen molar-refractivity contribution < 1.29 is 9.53 Å². The van der Waals surface area contributed by atoms with Gasteiger partial charge in [0.25, 0.3) is 0 Å². The van der Waals surface area contributed by atoms with Crippen molar-refractivity contribution in [2.24, 2.45) is 0 Å². The minimum atomic E-state index is -0.390. The normalized spacial score (nSPS) is 12.6. The van der Waals surface area contributed by atoms with Crippen LogP contribution in [0.1, 0.15) is 28.7 Å². The second kappa shape index (κ2) is 5.35. The number of pyridine rings is 1. The SMILES string of the molecule is CCOC(=O)c1nn(-c2cccnc2)c2c1CCc1[nH]ncc1-2. The number of aromatic amines is 1. The number of fused-ring (bicyclic) bond motifs is 3. The van der Waals surface area contributed by atoms with E-state index in [0.717, 1.165) is 41.0 Å². The summed E-state index contributed by atoms with van der Waals surface area (Å²) in [6, 6.07) is 3.75. The monoisotopic (exact) mass is 309 g/mol. The van der Waals surface area contributed by atoms with Crippen LogP contribution in [0, 0.1) is 0 Å². The van der Waals surface area contributed by atoms with Crippen molar-refractivity contribution in [1.29, 1.82) is 0 Å². The molecule has 0 aliphatic heterocycles. The lowest BCUT2D eigenvalue weighted by Gasteiger charge is -2.14. The van der Waals surface area contributed by atoms with Crippen LogP contribution < -0.4 is 0 Å². The zero-order valence-corrected chi connectivity index (χ0v) is 12.6. The Labute approximate surface area is 132 Å². The fourth-order valence-corrected chi connectivity index (χ4v) is 2.95. The number of ether oxygens (including phenoxy) is 1. The first kappa shape index (κ1) is 13.7. The molecule has 0 amide bonds. The number of nitrogens with one attached hydrogen (secondary N) is 1. The summed E-state index contributed by atoms with van der Waals surface area (Å²) >= 11 is 0. The highest BCUT2D eigenvalue weighted by Crippen LogP contribution is 2.35. The highest BCUT2D eigenvalue weighted by molar-refractivity contribution is 5.92. The van der Waals surface area contributed by atoms with Crippen molar-refractivity contribution in [3.63, 3.8) is 0 Å². The van der Waals surface area contributed by atoms with E-state index in [9.17, 15) is 4.79 Å². The van der Waals surface area contributed by atoms with E-state index in [-0.39, 0.29) is 0 Å². The van der Waals surface area contributed by atoms with E-state index >= 15 is 0 Å². The second-order valence-corrected chi connectivity index (χ2v) is 5.28. The van der Waals surface area contributed by atoms with Crippen LogP contribution >= 0.6 is 0 Å². The first-order chi connectivity index (χ1) is 11.3. The Hall–Kier alpha value is -2.96. The van der Waals surface area contributed by atoms with Gasteiger partial charge in [-0.2, -0.15) is 10.2 Å². The maximum absolute atomic E-state index is 12.3. The summed E-state index contributed by atoms with van der Waals surface area (Å²) < 4.78 is 6.91. The Kier molecular flexibility index (Phi) is 3.18. The lowest BCUT2D eigenvalue weighted by molar-refractivity contribution is 0.0517. The second-order valence-electron chi connectivity index (χ2n) is 5.28. The first-order valence-electron chi connectivity index (χ1n) is 7.51. The van der Waals surface area contributed by atoms with Crippen LogP contribution in [0.3, 0.4) is 0 Å². The quantitative estimate of drug-likeness (QED) is 0.747. The lowest BCUT2D eigenvalue weighted by Crippen LogP contribution is -2.10. The van der Waals surface area contributed by atoms with Crippen molar-refractivity contribution in [3.8, 4) is 16.9 Å². The summed E-state index contributed by atoms with van der Waals surface area (Å²) in [7, 11) is 0. The number of rotatable bonds is 3. The number of H-pyrrole nitrogens is 1. The van der Waals surface area contributed by atoms with Crippen LogP contribution in [0.2, 0.25) is 0 Å². The number of carbonyl (C=O) groups excluding carboxylic acids is 1. The fraction of sp³-hybridized carbons (Fsp3) is 0.250. The van der Waals surface area contributed by atoms with Gasteiger partial charge >= 0.3 is 5.97 Å². The van der Waals surface area contributed by atoms with Gasteiger partial charge in [-0.05, 0) is 31.9 Å². The molecule has 1 aliphatic rings. The van der Waals surface area contributed by atoms with Crippen molar-refractivity contribution >= 4 is 5.97 Å². The molecule has 4 rings (SSSR count). The molecule has 7 heteroatoms. The van der Waals surface area contributed by atoms with E-state index in [4.69, 9.17) is 4.74 Å². The molecule has 3 heterocycles. The third-order valence-corrected chi connectivity index (χ3v) is 3.94. The molecule has 0 saturated carbocycles. The van der Waals surface area contributed by atoms with Gasteiger partial charge in [-0.25, -0.2) is 9.48 Å². The van der Waals surface area contributed by atoms with E-state index < -0.39 is 5.97 Å². The van der Waals surface area contributed by atoms with Crippen LogP contribution in [0.25, 0.3) is 16.9 Å². The molecule has 0 fully saturated rings. The maximum Gasteiger partial charge on any atom is 0.359 e. The van der Waals surface area contributed by atoms with E-state index in [1.165, 1.54) is 0 Å². The summed E-state index contributed by atoms with van der Waals surface area (Å²) in [6.45, 7) is 2.11. The van der Waals surface area contributed by atoms with E-state index in [2.05, 4.69) is 20.3 Å². The maximum atomic E-state index is 12.3. The molecule has 0 aromatic carbocycles. The van der Waals surface area contributed by atoms with Gasteiger partial charge < -0.3 is 4.74 Å². The highest BCUT2D eigenvalue weighted by Gasteiger charge is 2.30. The molecular formula is C16H15N5O2. The number of hydrogen-bond acceptors (Lipinski definition) is 5. The van der Waals surface area contributed by atoms with Gasteiger partial charge in [0.15, 0.2) is 5.69 Å². The molecular weight excluding hydrogens is 294 g/mol. The van der Waals surface area contributed by atoms with Gasteiger partial charge in [0, 0.05) is 23.0 Å². The number of hydrogen-bond donors (Lipinski definition) is 1. The zero-order chi connectivity index (χ0) is 15.8. The number of nitrogens with zero attached hydrogens (tertiary/aromatic N) is 4. The Morgan fingerprint density at radius 3 is 3.09 bits per heavy atom. The number of aromatic nitrogens is 5. The molecule has 3 aromatic rings. The molecule has 0 unspecified atom stereocenters. The van der Waals surface area contributed by atoms with Crippen molar-refractivity contribution in [2.45, 2.75) is 19.8 Å². The van der Waals surface area contributed by atoms with Crippen LogP contribution in [0.15, 0.2) is 30.7 Å². The zero-order valence-electron chi connectivity index (χ0n) is 12.6. The van der Waals surface area contributed by atoms with Gasteiger partial charge in [-0.1, -0.05) is 0 Å². The van der Waals surface area contributed by atoms with Gasteiger partial charge in [0.2, 0.25) is 0 Å². The van der Waals surface area contributed by atoms with Crippen LogP contribution in [0.5, 0.6) is 0 Å². The summed E-state index contributed by atoms with van der Waals surface area (Å²) in [5.74, 6) is -0.390. The van der Waals surface area contributed by atoms with Gasteiger partial charge in [0.05, 0.1) is 30.4 Å². The van der Waals surface area contributed by atoms with E-state index in [1.54, 1.807) is 30.2 Å². The summed E-state index contributed by atoms with van der Waals surface area (Å²) in [5, 5.41) is 11.7. The lowest BCUT2D eigenvalue weighted by atomic mass is 9.94. The molecule has 7 nitrogen and oxygen atoms in total. The number of esters is 1. The third kappa shape index (κ3) is 2.12.